The van der Waals surface area contributed by atoms with E-state index < -0.39 is 9.84 Å². The second kappa shape index (κ2) is 6.84. The van der Waals surface area contributed by atoms with Crippen LogP contribution in [0.25, 0.3) is 0 Å². The summed E-state index contributed by atoms with van der Waals surface area (Å²) in [5.74, 6) is -0.471. The highest BCUT2D eigenvalue weighted by Crippen LogP contribution is 2.26. The van der Waals surface area contributed by atoms with Crippen LogP contribution in [0.5, 0.6) is 0 Å². The van der Waals surface area contributed by atoms with Gasteiger partial charge in [0.05, 0.1) is 5.25 Å². The molecule has 3 aliphatic rings. The lowest BCUT2D eigenvalue weighted by atomic mass is 10.1. The molecule has 0 spiro atoms. The van der Waals surface area contributed by atoms with E-state index in [4.69, 9.17) is 0 Å². The van der Waals surface area contributed by atoms with Crippen LogP contribution in [0.4, 0.5) is 0 Å². The molecule has 0 aromatic rings. The normalized spacial score (nSPS) is 30.0. The average molecular weight is 337 g/mol. The summed E-state index contributed by atoms with van der Waals surface area (Å²) in [6.07, 6.45) is 6.68. The highest BCUT2D eigenvalue weighted by Gasteiger charge is 2.35. The Kier molecular flexibility index (Phi) is 5.54. The van der Waals surface area contributed by atoms with Crippen molar-refractivity contribution in [1.29, 1.82) is 0 Å². The lowest BCUT2D eigenvalue weighted by molar-refractivity contribution is -0.128. The summed E-state index contributed by atoms with van der Waals surface area (Å²) in [6.45, 7) is 1.38. The maximum Gasteiger partial charge on any atom is 0.237 e. The fourth-order valence-corrected chi connectivity index (χ4v) is 5.61. The predicted molar refractivity (Wildman–Crippen MR) is 84.4 cm³/mol. The zero-order chi connectivity index (χ0) is 14.2. The summed E-state index contributed by atoms with van der Waals surface area (Å²) >= 11 is 0. The van der Waals surface area contributed by atoms with Crippen LogP contribution in [0.3, 0.4) is 0 Å². The molecule has 1 amide bonds. The van der Waals surface area contributed by atoms with Gasteiger partial charge in [-0.15, -0.1) is 12.4 Å². The summed E-state index contributed by atoms with van der Waals surface area (Å²) in [5, 5.41) is 3.24. The van der Waals surface area contributed by atoms with E-state index in [-0.39, 0.29) is 29.3 Å². The van der Waals surface area contributed by atoms with Gasteiger partial charge in [-0.25, -0.2) is 8.42 Å². The van der Waals surface area contributed by atoms with Crippen molar-refractivity contribution < 1.29 is 13.2 Å². The Morgan fingerprint density at radius 2 is 1.71 bits per heavy atom. The Labute approximate surface area is 133 Å². The maximum atomic E-state index is 12.3. The number of fused-ring (bicyclic) bond motifs is 2. The number of carbonyl (C=O) groups excluding carboxylic acids is 1. The molecule has 0 aromatic carbocycles. The molecule has 2 atom stereocenters. The second-order valence-electron chi connectivity index (χ2n) is 6.48. The second-order valence-corrected chi connectivity index (χ2v) is 8.76. The number of sulfone groups is 1. The van der Waals surface area contributed by atoms with Gasteiger partial charge in [-0.1, -0.05) is 12.8 Å². The van der Waals surface area contributed by atoms with Gasteiger partial charge in [-0.2, -0.15) is 0 Å². The van der Waals surface area contributed by atoms with Gasteiger partial charge >= 0.3 is 0 Å². The van der Waals surface area contributed by atoms with Gasteiger partial charge in [0.15, 0.2) is 9.84 Å². The van der Waals surface area contributed by atoms with Crippen LogP contribution in [-0.2, 0) is 14.6 Å². The Hall–Kier alpha value is -0.330. The summed E-state index contributed by atoms with van der Waals surface area (Å²) in [4.78, 5) is 14.1. The third-order valence-corrected chi connectivity index (χ3v) is 7.15. The summed E-state index contributed by atoms with van der Waals surface area (Å²) in [5.41, 5.74) is 0. The van der Waals surface area contributed by atoms with Gasteiger partial charge in [-0.3, -0.25) is 4.79 Å². The van der Waals surface area contributed by atoms with E-state index in [0.29, 0.717) is 25.2 Å². The number of amides is 1. The van der Waals surface area contributed by atoms with E-state index in [1.807, 2.05) is 0 Å². The third-order valence-electron chi connectivity index (χ3n) is 5.01. The number of carbonyl (C=O) groups is 1. The van der Waals surface area contributed by atoms with Crippen LogP contribution in [0.2, 0.25) is 0 Å². The highest BCUT2D eigenvalue weighted by molar-refractivity contribution is 7.92. The first-order valence-electron chi connectivity index (χ1n) is 7.80. The Morgan fingerprint density at radius 3 is 2.43 bits per heavy atom. The minimum Gasteiger partial charge on any atom is -0.340 e. The Morgan fingerprint density at radius 1 is 1.05 bits per heavy atom. The van der Waals surface area contributed by atoms with E-state index >= 15 is 0 Å². The van der Waals surface area contributed by atoms with E-state index in [1.165, 1.54) is 6.42 Å². The number of nitrogens with one attached hydrogen (secondary N) is 1. The van der Waals surface area contributed by atoms with Crippen molar-refractivity contribution in [2.75, 3.05) is 18.8 Å². The third kappa shape index (κ3) is 3.90. The maximum absolute atomic E-state index is 12.3. The molecule has 21 heavy (non-hydrogen) atoms. The van der Waals surface area contributed by atoms with Crippen molar-refractivity contribution in [3.05, 3.63) is 0 Å². The monoisotopic (exact) mass is 336 g/mol. The summed E-state index contributed by atoms with van der Waals surface area (Å²) in [6, 6.07) is 0.880. The first-order chi connectivity index (χ1) is 9.54. The largest absolute Gasteiger partial charge is 0.340 e. The smallest absolute Gasteiger partial charge is 0.237 e. The van der Waals surface area contributed by atoms with Gasteiger partial charge in [0, 0.05) is 25.2 Å². The van der Waals surface area contributed by atoms with Crippen LogP contribution in [0.15, 0.2) is 0 Å². The Balaban J connectivity index is 0.00000161. The van der Waals surface area contributed by atoms with Gasteiger partial charge in [0.2, 0.25) is 5.91 Å². The standard InChI is InChI=1S/C14H24N2O3S.ClH/c17-14(10-20(18,19)13-3-1-2-4-13)16-8-7-11-5-6-12(9-16)15-11;/h11-13,15H,1-10H2;1H. The minimum absolute atomic E-state index is 0. The molecule has 0 aromatic heterocycles. The minimum atomic E-state index is -3.25. The number of hydrogen-bond donors (Lipinski definition) is 1. The predicted octanol–water partition coefficient (Wildman–Crippen LogP) is 1.12. The van der Waals surface area contributed by atoms with Gasteiger partial charge < -0.3 is 10.2 Å². The zero-order valence-corrected chi connectivity index (χ0v) is 13.9. The van der Waals surface area contributed by atoms with Crippen LogP contribution >= 0.6 is 12.4 Å². The van der Waals surface area contributed by atoms with Crippen molar-refractivity contribution in [3.63, 3.8) is 0 Å². The average Bonchev–Trinajstić information content (AvgIpc) is 2.98. The van der Waals surface area contributed by atoms with E-state index in [0.717, 1.165) is 38.5 Å². The lowest BCUT2D eigenvalue weighted by Crippen LogP contribution is -2.42. The number of nitrogens with zero attached hydrogens (tertiary/aromatic N) is 1. The molecule has 7 heteroatoms. The molecule has 1 aliphatic carbocycles. The van der Waals surface area contributed by atoms with E-state index in [1.54, 1.807) is 4.90 Å². The number of likely N-dealkylation sites (tertiary alicyclic amines) is 1. The van der Waals surface area contributed by atoms with Crippen molar-refractivity contribution in [2.45, 2.75) is 62.3 Å². The van der Waals surface area contributed by atoms with Gasteiger partial charge in [-0.05, 0) is 32.1 Å². The van der Waals surface area contributed by atoms with E-state index in [9.17, 15) is 13.2 Å². The van der Waals surface area contributed by atoms with Crippen LogP contribution in [-0.4, -0.2) is 55.4 Å². The molecule has 2 heterocycles. The molecular weight excluding hydrogens is 312 g/mol. The highest BCUT2D eigenvalue weighted by atomic mass is 35.5. The molecule has 2 bridgehead atoms. The van der Waals surface area contributed by atoms with Gasteiger partial charge in [0.1, 0.15) is 5.75 Å². The van der Waals surface area contributed by atoms with Crippen molar-refractivity contribution >= 4 is 28.2 Å². The molecule has 1 saturated carbocycles. The van der Waals surface area contributed by atoms with Crippen LogP contribution < -0.4 is 5.32 Å². The summed E-state index contributed by atoms with van der Waals surface area (Å²) < 4.78 is 24.5. The quantitative estimate of drug-likeness (QED) is 0.838. The molecule has 1 N–H and O–H groups in total. The molecule has 2 unspecified atom stereocenters. The molecule has 3 fully saturated rings. The lowest BCUT2D eigenvalue weighted by Gasteiger charge is -2.24. The van der Waals surface area contributed by atoms with Crippen molar-refractivity contribution in [1.82, 2.24) is 10.2 Å². The van der Waals surface area contributed by atoms with Crippen molar-refractivity contribution in [3.8, 4) is 0 Å². The molecular formula is C14H25ClN2O3S. The molecule has 2 aliphatic heterocycles. The first-order valence-corrected chi connectivity index (χ1v) is 9.51. The number of hydrogen-bond acceptors (Lipinski definition) is 4. The molecule has 2 saturated heterocycles. The molecule has 122 valence electrons. The van der Waals surface area contributed by atoms with Crippen molar-refractivity contribution in [2.24, 2.45) is 0 Å². The molecule has 5 nitrogen and oxygen atoms in total. The first kappa shape index (κ1) is 17.0. The van der Waals surface area contributed by atoms with Crippen LogP contribution in [0.1, 0.15) is 44.9 Å². The van der Waals surface area contributed by atoms with Gasteiger partial charge in [0.25, 0.3) is 0 Å². The Bertz CT molecular complexity index is 477. The summed E-state index contributed by atoms with van der Waals surface area (Å²) in [7, 11) is -3.25. The van der Waals surface area contributed by atoms with Crippen LogP contribution in [0, 0.1) is 0 Å². The topological polar surface area (TPSA) is 66.5 Å². The fraction of sp³-hybridized carbons (Fsp3) is 0.929. The molecule has 3 rings (SSSR count). The SMILES string of the molecule is Cl.O=C(CS(=O)(=O)C1CCCC1)N1CCC2CCC(C1)N2. The zero-order valence-electron chi connectivity index (χ0n) is 12.3. The number of rotatable bonds is 3. The molecule has 0 radical (unpaired) electrons. The number of halogens is 1. The fourth-order valence-electron chi connectivity index (χ4n) is 3.80. The van der Waals surface area contributed by atoms with E-state index in [2.05, 4.69) is 5.32 Å².